The smallest absolute Gasteiger partial charge is 0.233 e. The molecule has 0 atom stereocenters. The molecule has 0 aliphatic carbocycles. The van der Waals surface area contributed by atoms with E-state index in [1.807, 2.05) is 37.3 Å². The maximum Gasteiger partial charge on any atom is 0.233 e. The quantitative estimate of drug-likeness (QED) is 0.410. The van der Waals surface area contributed by atoms with E-state index in [9.17, 15) is 4.79 Å². The van der Waals surface area contributed by atoms with E-state index in [1.165, 1.54) is 11.1 Å². The van der Waals surface area contributed by atoms with Crippen LogP contribution in [0.4, 0.5) is 5.13 Å². The van der Waals surface area contributed by atoms with Crippen LogP contribution in [0.3, 0.4) is 0 Å². The predicted molar refractivity (Wildman–Crippen MR) is 126 cm³/mol. The second-order valence-corrected chi connectivity index (χ2v) is 8.73. The summed E-state index contributed by atoms with van der Waals surface area (Å²) in [4.78, 5) is 24.3. The number of carbonyl (C=O) groups is 1. The van der Waals surface area contributed by atoms with Gasteiger partial charge in [0.05, 0.1) is 30.3 Å². The molecule has 0 saturated heterocycles. The molecule has 2 aromatic heterocycles. The summed E-state index contributed by atoms with van der Waals surface area (Å²) in [6, 6.07) is 13.9. The van der Waals surface area contributed by atoms with Gasteiger partial charge in [-0.15, -0.1) is 0 Å². The lowest BCUT2D eigenvalue weighted by atomic mass is 10.1. The highest BCUT2D eigenvalue weighted by molar-refractivity contribution is 7.22. The SMILES string of the molecule is COc1ccc(CC(=O)N(Cc2cccnc2)c2nc3cc(C)cc(C)c3s2)cc1C. The number of methoxy groups -OCH3 is 1. The van der Waals surface area contributed by atoms with Gasteiger partial charge < -0.3 is 4.74 Å². The summed E-state index contributed by atoms with van der Waals surface area (Å²) in [5.41, 5.74) is 6.21. The zero-order valence-corrected chi connectivity index (χ0v) is 19.0. The Labute approximate surface area is 186 Å². The van der Waals surface area contributed by atoms with Gasteiger partial charge in [-0.25, -0.2) is 4.98 Å². The molecule has 0 fully saturated rings. The average molecular weight is 432 g/mol. The third-order valence-electron chi connectivity index (χ3n) is 5.22. The van der Waals surface area contributed by atoms with Gasteiger partial charge in [0.25, 0.3) is 0 Å². The lowest BCUT2D eigenvalue weighted by Gasteiger charge is -2.20. The first-order valence-corrected chi connectivity index (χ1v) is 11.0. The minimum Gasteiger partial charge on any atom is -0.496 e. The fourth-order valence-electron chi connectivity index (χ4n) is 3.74. The Kier molecular flexibility index (Phi) is 6.00. The Balaban J connectivity index is 1.69. The summed E-state index contributed by atoms with van der Waals surface area (Å²) < 4.78 is 6.46. The van der Waals surface area contributed by atoms with Gasteiger partial charge in [-0.1, -0.05) is 35.6 Å². The van der Waals surface area contributed by atoms with Crippen molar-refractivity contribution >= 4 is 32.6 Å². The number of fused-ring (bicyclic) bond motifs is 1. The molecule has 5 nitrogen and oxygen atoms in total. The molecule has 6 heteroatoms. The molecule has 0 bridgehead atoms. The van der Waals surface area contributed by atoms with E-state index >= 15 is 0 Å². The van der Waals surface area contributed by atoms with Crippen LogP contribution >= 0.6 is 11.3 Å². The highest BCUT2D eigenvalue weighted by atomic mass is 32.1. The number of aryl methyl sites for hydroxylation is 3. The van der Waals surface area contributed by atoms with E-state index in [0.29, 0.717) is 18.1 Å². The molecule has 0 spiro atoms. The van der Waals surface area contributed by atoms with Crippen molar-refractivity contribution in [3.63, 3.8) is 0 Å². The van der Waals surface area contributed by atoms with Crippen molar-refractivity contribution < 1.29 is 9.53 Å². The first-order chi connectivity index (χ1) is 14.9. The topological polar surface area (TPSA) is 55.3 Å². The number of pyridine rings is 1. The molecule has 0 radical (unpaired) electrons. The van der Waals surface area contributed by atoms with Gasteiger partial charge in [0, 0.05) is 12.4 Å². The van der Waals surface area contributed by atoms with Crippen LogP contribution in [0, 0.1) is 20.8 Å². The number of thiazole rings is 1. The van der Waals surface area contributed by atoms with E-state index in [0.717, 1.165) is 32.7 Å². The molecule has 0 aliphatic heterocycles. The Morgan fingerprint density at radius 3 is 2.61 bits per heavy atom. The number of hydrogen-bond donors (Lipinski definition) is 0. The van der Waals surface area contributed by atoms with E-state index in [2.05, 4.69) is 31.0 Å². The zero-order chi connectivity index (χ0) is 22.0. The van der Waals surface area contributed by atoms with Gasteiger partial charge in [-0.05, 0) is 66.8 Å². The van der Waals surface area contributed by atoms with Gasteiger partial charge in [0.2, 0.25) is 5.91 Å². The van der Waals surface area contributed by atoms with Crippen LogP contribution in [0.15, 0.2) is 54.9 Å². The largest absolute Gasteiger partial charge is 0.496 e. The molecule has 31 heavy (non-hydrogen) atoms. The molecule has 158 valence electrons. The van der Waals surface area contributed by atoms with Crippen LogP contribution in [0.25, 0.3) is 10.2 Å². The minimum absolute atomic E-state index is 0.00171. The molecule has 0 aliphatic rings. The number of benzene rings is 2. The third kappa shape index (κ3) is 4.59. The van der Waals surface area contributed by atoms with E-state index < -0.39 is 0 Å². The standard InChI is InChI=1S/C25H25N3O2S/c1-16-10-18(3)24-21(11-16)27-25(31-24)28(15-20-6-5-9-26-14-20)23(29)13-19-7-8-22(30-4)17(2)12-19/h5-12,14H,13,15H2,1-4H3. The number of hydrogen-bond acceptors (Lipinski definition) is 5. The van der Waals surface area contributed by atoms with Crippen molar-refractivity contribution in [2.45, 2.75) is 33.7 Å². The molecule has 2 aromatic carbocycles. The number of anilines is 1. The van der Waals surface area contributed by atoms with Crippen LogP contribution in [0.5, 0.6) is 5.75 Å². The second-order valence-electron chi connectivity index (χ2n) is 7.75. The average Bonchev–Trinajstić information content (AvgIpc) is 3.17. The number of amides is 1. The summed E-state index contributed by atoms with van der Waals surface area (Å²) in [5.74, 6) is 0.822. The Morgan fingerprint density at radius 1 is 1.06 bits per heavy atom. The zero-order valence-electron chi connectivity index (χ0n) is 18.2. The maximum absolute atomic E-state index is 13.5. The summed E-state index contributed by atoms with van der Waals surface area (Å²) in [6.07, 6.45) is 3.82. The first kappa shape index (κ1) is 21.0. The van der Waals surface area contributed by atoms with Crippen molar-refractivity contribution in [1.82, 2.24) is 9.97 Å². The summed E-state index contributed by atoms with van der Waals surface area (Å²) >= 11 is 1.56. The van der Waals surface area contributed by atoms with Crippen LogP contribution in [-0.4, -0.2) is 23.0 Å². The fourth-order valence-corrected chi connectivity index (χ4v) is 4.77. The van der Waals surface area contributed by atoms with Crippen molar-refractivity contribution in [2.24, 2.45) is 0 Å². The molecule has 1 amide bonds. The van der Waals surface area contributed by atoms with Gasteiger partial charge in [-0.3, -0.25) is 14.7 Å². The van der Waals surface area contributed by atoms with Crippen molar-refractivity contribution in [3.05, 3.63) is 82.7 Å². The van der Waals surface area contributed by atoms with Gasteiger partial charge in [0.15, 0.2) is 5.13 Å². The lowest BCUT2D eigenvalue weighted by Crippen LogP contribution is -2.31. The maximum atomic E-state index is 13.5. The summed E-state index contributed by atoms with van der Waals surface area (Å²) in [5, 5.41) is 0.711. The number of ether oxygens (including phenoxy) is 1. The van der Waals surface area contributed by atoms with Crippen LogP contribution in [0.1, 0.15) is 27.8 Å². The normalized spacial score (nSPS) is 11.0. The summed E-state index contributed by atoms with van der Waals surface area (Å²) in [7, 11) is 1.65. The monoisotopic (exact) mass is 431 g/mol. The molecule has 0 N–H and O–H groups in total. The van der Waals surface area contributed by atoms with Crippen LogP contribution < -0.4 is 9.64 Å². The molecular weight excluding hydrogens is 406 g/mol. The molecule has 4 rings (SSSR count). The van der Waals surface area contributed by atoms with E-state index in [-0.39, 0.29) is 5.91 Å². The first-order valence-electron chi connectivity index (χ1n) is 10.1. The minimum atomic E-state index is 0.00171. The molecule has 0 saturated carbocycles. The van der Waals surface area contributed by atoms with Crippen molar-refractivity contribution in [1.29, 1.82) is 0 Å². The molecule has 0 unspecified atom stereocenters. The van der Waals surface area contributed by atoms with Crippen molar-refractivity contribution in [3.8, 4) is 5.75 Å². The van der Waals surface area contributed by atoms with Crippen LogP contribution in [-0.2, 0) is 17.8 Å². The highest BCUT2D eigenvalue weighted by Crippen LogP contribution is 2.33. The van der Waals surface area contributed by atoms with E-state index in [1.54, 1.807) is 35.7 Å². The van der Waals surface area contributed by atoms with Gasteiger partial charge in [0.1, 0.15) is 5.75 Å². The summed E-state index contributed by atoms with van der Waals surface area (Å²) in [6.45, 7) is 6.57. The predicted octanol–water partition coefficient (Wildman–Crippen LogP) is 5.40. The van der Waals surface area contributed by atoms with Gasteiger partial charge in [-0.2, -0.15) is 0 Å². The number of rotatable bonds is 6. The third-order valence-corrected chi connectivity index (χ3v) is 6.45. The van der Waals surface area contributed by atoms with Gasteiger partial charge >= 0.3 is 0 Å². The Hall–Kier alpha value is -3.25. The molecule has 4 aromatic rings. The second kappa shape index (κ2) is 8.86. The molecule has 2 heterocycles. The lowest BCUT2D eigenvalue weighted by molar-refractivity contribution is -0.118. The highest BCUT2D eigenvalue weighted by Gasteiger charge is 2.21. The Bertz CT molecular complexity index is 1230. The van der Waals surface area contributed by atoms with Crippen molar-refractivity contribution in [2.75, 3.05) is 12.0 Å². The fraction of sp³-hybridized carbons (Fsp3) is 0.240. The Morgan fingerprint density at radius 2 is 1.90 bits per heavy atom. The number of nitrogens with zero attached hydrogens (tertiary/aromatic N) is 3. The van der Waals surface area contributed by atoms with E-state index in [4.69, 9.17) is 9.72 Å². The van der Waals surface area contributed by atoms with Crippen LogP contribution in [0.2, 0.25) is 0 Å². The number of carbonyl (C=O) groups excluding carboxylic acids is 1. The molecular formula is C25H25N3O2S. The number of aromatic nitrogens is 2.